The molecule has 0 bridgehead atoms. The van der Waals surface area contributed by atoms with Gasteiger partial charge in [0.15, 0.2) is 0 Å². The molecule has 18 heavy (non-hydrogen) atoms. The molecule has 1 aliphatic heterocycles. The van der Waals surface area contributed by atoms with Gasteiger partial charge in [-0.3, -0.25) is 14.9 Å². The van der Waals surface area contributed by atoms with E-state index in [0.717, 1.165) is 9.37 Å². The number of hydrogen-bond donors (Lipinski definition) is 1. The summed E-state index contributed by atoms with van der Waals surface area (Å²) in [6.45, 7) is 0. The van der Waals surface area contributed by atoms with Crippen LogP contribution in [0.4, 0.5) is 10.5 Å². The van der Waals surface area contributed by atoms with Crippen molar-refractivity contribution >= 4 is 39.5 Å². The third-order valence-corrected chi connectivity index (χ3v) is 3.78. The molecule has 0 aromatic heterocycles. The van der Waals surface area contributed by atoms with Crippen molar-refractivity contribution in [1.29, 1.82) is 0 Å². The third-order valence-electron chi connectivity index (χ3n) is 3.29. The van der Waals surface area contributed by atoms with Gasteiger partial charge in [-0.25, -0.2) is 9.69 Å². The van der Waals surface area contributed by atoms with Crippen LogP contribution in [0.3, 0.4) is 0 Å². The summed E-state index contributed by atoms with van der Waals surface area (Å²) >= 11 is 3.29. The fourth-order valence-electron chi connectivity index (χ4n) is 2.09. The molecular formula is C12H9BrN2O3. The Labute approximate surface area is 111 Å². The molecule has 0 unspecified atom stereocenters. The SMILES string of the molecule is O=C1NC(=O)C2(CC2)C(=O)N1c1cccc(Br)c1. The zero-order valence-corrected chi connectivity index (χ0v) is 10.9. The first-order valence-corrected chi connectivity index (χ1v) is 6.29. The third kappa shape index (κ3) is 1.49. The minimum atomic E-state index is -1.00. The molecule has 1 spiro atoms. The van der Waals surface area contributed by atoms with E-state index in [-0.39, 0.29) is 0 Å². The van der Waals surface area contributed by atoms with E-state index in [1.54, 1.807) is 24.3 Å². The van der Waals surface area contributed by atoms with E-state index in [2.05, 4.69) is 21.2 Å². The van der Waals surface area contributed by atoms with Crippen LogP contribution in [0, 0.1) is 5.41 Å². The van der Waals surface area contributed by atoms with Gasteiger partial charge in [0.2, 0.25) is 5.91 Å². The number of nitrogens with zero attached hydrogens (tertiary/aromatic N) is 1. The fraction of sp³-hybridized carbons (Fsp3) is 0.250. The first-order valence-electron chi connectivity index (χ1n) is 5.50. The second-order valence-corrected chi connectivity index (χ2v) is 5.38. The van der Waals surface area contributed by atoms with Gasteiger partial charge in [0.05, 0.1) is 5.69 Å². The molecule has 1 aliphatic carbocycles. The van der Waals surface area contributed by atoms with Gasteiger partial charge in [0.1, 0.15) is 5.41 Å². The van der Waals surface area contributed by atoms with Gasteiger partial charge in [0, 0.05) is 4.47 Å². The molecule has 92 valence electrons. The fourth-order valence-corrected chi connectivity index (χ4v) is 2.48. The summed E-state index contributed by atoms with van der Waals surface area (Å²) in [4.78, 5) is 36.8. The predicted octanol–water partition coefficient (Wildman–Crippen LogP) is 1.81. The summed E-state index contributed by atoms with van der Waals surface area (Å²) in [5.41, 5.74) is -0.540. The molecule has 2 aliphatic rings. The maximum atomic E-state index is 12.3. The van der Waals surface area contributed by atoms with Crippen molar-refractivity contribution in [2.45, 2.75) is 12.8 Å². The molecule has 5 nitrogen and oxygen atoms in total. The number of amides is 4. The normalized spacial score (nSPS) is 21.2. The average Bonchev–Trinajstić information content (AvgIpc) is 3.08. The molecule has 1 aromatic carbocycles. The quantitative estimate of drug-likeness (QED) is 0.805. The number of imide groups is 2. The molecule has 1 N–H and O–H groups in total. The van der Waals surface area contributed by atoms with Crippen molar-refractivity contribution in [1.82, 2.24) is 5.32 Å². The Morgan fingerprint density at radius 1 is 1.22 bits per heavy atom. The standard InChI is InChI=1S/C12H9BrN2O3/c13-7-2-1-3-8(6-7)15-10(17)12(4-5-12)9(16)14-11(15)18/h1-3,6H,4-5H2,(H,14,16,18). The molecule has 0 radical (unpaired) electrons. The Kier molecular flexibility index (Phi) is 2.31. The monoisotopic (exact) mass is 308 g/mol. The second-order valence-electron chi connectivity index (χ2n) is 4.46. The molecule has 4 amide bonds. The lowest BCUT2D eigenvalue weighted by Gasteiger charge is -2.30. The van der Waals surface area contributed by atoms with Crippen LogP contribution < -0.4 is 10.2 Å². The number of anilines is 1. The van der Waals surface area contributed by atoms with Crippen molar-refractivity contribution in [3.05, 3.63) is 28.7 Å². The Bertz CT molecular complexity index is 580. The minimum absolute atomic E-state index is 0.422. The van der Waals surface area contributed by atoms with Crippen LogP contribution >= 0.6 is 15.9 Å². The van der Waals surface area contributed by atoms with E-state index in [0.29, 0.717) is 18.5 Å². The first-order chi connectivity index (χ1) is 8.54. The van der Waals surface area contributed by atoms with Crippen molar-refractivity contribution < 1.29 is 14.4 Å². The van der Waals surface area contributed by atoms with Crippen molar-refractivity contribution in [2.24, 2.45) is 5.41 Å². The van der Waals surface area contributed by atoms with Crippen LogP contribution in [-0.4, -0.2) is 17.8 Å². The van der Waals surface area contributed by atoms with Crippen LogP contribution in [0.1, 0.15) is 12.8 Å². The molecule has 1 heterocycles. The molecule has 1 aromatic rings. The number of barbiturate groups is 1. The molecular weight excluding hydrogens is 300 g/mol. The van der Waals surface area contributed by atoms with Gasteiger partial charge in [-0.2, -0.15) is 0 Å². The number of rotatable bonds is 1. The number of carbonyl (C=O) groups excluding carboxylic acids is 3. The summed E-state index contributed by atoms with van der Waals surface area (Å²) in [7, 11) is 0. The van der Waals surface area contributed by atoms with Gasteiger partial charge in [-0.05, 0) is 31.0 Å². The lowest BCUT2D eigenvalue weighted by atomic mass is 10.0. The second kappa shape index (κ2) is 3.65. The highest BCUT2D eigenvalue weighted by Crippen LogP contribution is 2.49. The summed E-state index contributed by atoms with van der Waals surface area (Å²) in [5, 5.41) is 2.24. The van der Waals surface area contributed by atoms with E-state index in [1.165, 1.54) is 0 Å². The average molecular weight is 309 g/mol. The number of benzene rings is 1. The summed E-state index contributed by atoms with van der Waals surface area (Å²) in [5.74, 6) is -0.891. The Morgan fingerprint density at radius 3 is 2.56 bits per heavy atom. The molecule has 1 saturated carbocycles. The minimum Gasteiger partial charge on any atom is -0.276 e. The zero-order chi connectivity index (χ0) is 12.9. The van der Waals surface area contributed by atoms with Gasteiger partial charge in [-0.15, -0.1) is 0 Å². The van der Waals surface area contributed by atoms with Crippen LogP contribution in [0.15, 0.2) is 28.7 Å². The van der Waals surface area contributed by atoms with Gasteiger partial charge in [-0.1, -0.05) is 22.0 Å². The molecule has 6 heteroatoms. The number of halogens is 1. The van der Waals surface area contributed by atoms with Crippen molar-refractivity contribution in [3.63, 3.8) is 0 Å². The van der Waals surface area contributed by atoms with Gasteiger partial charge in [0.25, 0.3) is 5.91 Å². The van der Waals surface area contributed by atoms with Crippen molar-refractivity contribution in [3.8, 4) is 0 Å². The number of urea groups is 1. The van der Waals surface area contributed by atoms with E-state index >= 15 is 0 Å². The molecule has 0 atom stereocenters. The van der Waals surface area contributed by atoms with Gasteiger partial charge >= 0.3 is 6.03 Å². The zero-order valence-electron chi connectivity index (χ0n) is 9.27. The van der Waals surface area contributed by atoms with E-state index in [4.69, 9.17) is 0 Å². The molecule has 2 fully saturated rings. The van der Waals surface area contributed by atoms with Crippen LogP contribution in [-0.2, 0) is 9.59 Å². The lowest BCUT2D eigenvalue weighted by Crippen LogP contribution is -2.59. The Morgan fingerprint density at radius 2 is 1.94 bits per heavy atom. The van der Waals surface area contributed by atoms with E-state index in [1.807, 2.05) is 0 Å². The maximum absolute atomic E-state index is 12.3. The van der Waals surface area contributed by atoms with Crippen LogP contribution in [0.2, 0.25) is 0 Å². The Balaban J connectivity index is 2.03. The summed E-state index contributed by atoms with van der Waals surface area (Å²) < 4.78 is 0.766. The number of hydrogen-bond acceptors (Lipinski definition) is 3. The van der Waals surface area contributed by atoms with Crippen LogP contribution in [0.5, 0.6) is 0 Å². The maximum Gasteiger partial charge on any atom is 0.335 e. The molecule has 3 rings (SSSR count). The number of carbonyl (C=O) groups is 3. The predicted molar refractivity (Wildman–Crippen MR) is 66.8 cm³/mol. The summed E-state index contributed by atoms with van der Waals surface area (Å²) in [6.07, 6.45) is 1.02. The van der Waals surface area contributed by atoms with Crippen LogP contribution in [0.25, 0.3) is 0 Å². The van der Waals surface area contributed by atoms with E-state index in [9.17, 15) is 14.4 Å². The summed E-state index contributed by atoms with van der Waals surface area (Å²) in [6, 6.07) is 6.18. The smallest absolute Gasteiger partial charge is 0.276 e. The van der Waals surface area contributed by atoms with E-state index < -0.39 is 23.3 Å². The highest BCUT2D eigenvalue weighted by atomic mass is 79.9. The largest absolute Gasteiger partial charge is 0.335 e. The highest BCUT2D eigenvalue weighted by Gasteiger charge is 2.62. The van der Waals surface area contributed by atoms with Gasteiger partial charge < -0.3 is 0 Å². The Hall–Kier alpha value is -1.69. The topological polar surface area (TPSA) is 66.5 Å². The first kappa shape index (κ1) is 11.4. The lowest BCUT2D eigenvalue weighted by molar-refractivity contribution is -0.136. The molecule has 1 saturated heterocycles. The number of nitrogens with one attached hydrogen (secondary N) is 1. The van der Waals surface area contributed by atoms with Crippen molar-refractivity contribution in [2.75, 3.05) is 4.90 Å². The highest BCUT2D eigenvalue weighted by molar-refractivity contribution is 9.10.